The van der Waals surface area contributed by atoms with E-state index in [-0.39, 0.29) is 0 Å². The summed E-state index contributed by atoms with van der Waals surface area (Å²) in [4.78, 5) is 2.35. The third-order valence-electron chi connectivity index (χ3n) is 5.50. The van der Waals surface area contributed by atoms with Gasteiger partial charge >= 0.3 is 0 Å². The van der Waals surface area contributed by atoms with Crippen LogP contribution in [0.25, 0.3) is 5.82 Å². The first kappa shape index (κ1) is 21.0. The minimum atomic E-state index is -3.51. The van der Waals surface area contributed by atoms with Crippen LogP contribution in [0.5, 0.6) is 0 Å². The minimum absolute atomic E-state index is 0.301. The van der Waals surface area contributed by atoms with E-state index < -0.39 is 10.0 Å². The molecule has 0 unspecified atom stereocenters. The van der Waals surface area contributed by atoms with Crippen LogP contribution in [-0.2, 0) is 10.0 Å². The predicted octanol–water partition coefficient (Wildman–Crippen LogP) is 2.86. The Labute approximate surface area is 184 Å². The number of aromatic nitrogens is 4. The zero-order valence-corrected chi connectivity index (χ0v) is 19.5. The van der Waals surface area contributed by atoms with E-state index in [1.165, 1.54) is 4.31 Å². The summed E-state index contributed by atoms with van der Waals surface area (Å²) >= 11 is 3.34. The number of hydrogen-bond acceptors (Lipinski definition) is 6. The van der Waals surface area contributed by atoms with Gasteiger partial charge in [-0.25, -0.2) is 13.1 Å². The summed E-state index contributed by atoms with van der Waals surface area (Å²) < 4.78 is 29.8. The maximum atomic E-state index is 12.9. The Morgan fingerprint density at radius 2 is 1.60 bits per heavy atom. The molecule has 0 spiro atoms. The molecule has 3 heterocycles. The van der Waals surface area contributed by atoms with Crippen LogP contribution in [0.2, 0.25) is 0 Å². The van der Waals surface area contributed by atoms with Crippen molar-refractivity contribution in [2.24, 2.45) is 0 Å². The van der Waals surface area contributed by atoms with Crippen molar-refractivity contribution in [3.63, 3.8) is 0 Å². The lowest BCUT2D eigenvalue weighted by Gasteiger charge is -2.34. The first-order valence-electron chi connectivity index (χ1n) is 9.65. The fourth-order valence-electron chi connectivity index (χ4n) is 3.48. The van der Waals surface area contributed by atoms with Crippen LogP contribution in [0.15, 0.2) is 45.8 Å². The lowest BCUT2D eigenvalue weighted by molar-refractivity contribution is 0.383. The Kier molecular flexibility index (Phi) is 5.65. The highest BCUT2D eigenvalue weighted by molar-refractivity contribution is 9.10. The van der Waals surface area contributed by atoms with Gasteiger partial charge in [0.25, 0.3) is 0 Å². The van der Waals surface area contributed by atoms with Gasteiger partial charge in [0.1, 0.15) is 0 Å². The van der Waals surface area contributed by atoms with E-state index in [2.05, 4.69) is 36.1 Å². The fraction of sp³-hybridized carbons (Fsp3) is 0.350. The van der Waals surface area contributed by atoms with Crippen LogP contribution >= 0.6 is 15.9 Å². The first-order valence-corrected chi connectivity index (χ1v) is 11.9. The molecule has 0 saturated carbocycles. The summed E-state index contributed by atoms with van der Waals surface area (Å²) in [7, 11) is -3.51. The Morgan fingerprint density at radius 3 is 2.17 bits per heavy atom. The van der Waals surface area contributed by atoms with Gasteiger partial charge in [0.15, 0.2) is 11.6 Å². The van der Waals surface area contributed by atoms with E-state index in [1.807, 2.05) is 39.0 Å². The number of rotatable bonds is 4. The molecule has 1 saturated heterocycles. The van der Waals surface area contributed by atoms with Gasteiger partial charge < -0.3 is 4.90 Å². The number of nitrogens with zero attached hydrogens (tertiary/aromatic N) is 6. The normalized spacial score (nSPS) is 15.5. The summed E-state index contributed by atoms with van der Waals surface area (Å²) in [6, 6.07) is 10.6. The summed E-state index contributed by atoms with van der Waals surface area (Å²) in [5.74, 6) is 1.40. The van der Waals surface area contributed by atoms with Crippen molar-refractivity contribution in [3.8, 4) is 5.82 Å². The molecular weight excluding hydrogens is 468 g/mol. The predicted molar refractivity (Wildman–Crippen MR) is 118 cm³/mol. The number of benzene rings is 1. The van der Waals surface area contributed by atoms with Crippen LogP contribution in [0.4, 0.5) is 5.82 Å². The molecule has 0 aliphatic carbocycles. The molecule has 3 aromatic rings. The molecule has 10 heteroatoms. The molecule has 30 heavy (non-hydrogen) atoms. The molecule has 1 aromatic carbocycles. The third kappa shape index (κ3) is 3.86. The van der Waals surface area contributed by atoms with Gasteiger partial charge in [-0.1, -0.05) is 22.0 Å². The van der Waals surface area contributed by atoms with Gasteiger partial charge in [-0.15, -0.1) is 10.2 Å². The van der Waals surface area contributed by atoms with E-state index >= 15 is 0 Å². The monoisotopic (exact) mass is 490 g/mol. The molecule has 0 amide bonds. The van der Waals surface area contributed by atoms with Crippen molar-refractivity contribution >= 4 is 31.8 Å². The number of aryl methyl sites for hydroxylation is 1. The molecule has 1 aliphatic heterocycles. The first-order chi connectivity index (χ1) is 14.3. The highest BCUT2D eigenvalue weighted by atomic mass is 79.9. The molecule has 2 aromatic heterocycles. The van der Waals surface area contributed by atoms with Crippen LogP contribution < -0.4 is 4.90 Å². The zero-order chi connectivity index (χ0) is 21.5. The number of hydrogen-bond donors (Lipinski definition) is 0. The van der Waals surface area contributed by atoms with Crippen LogP contribution in [0.1, 0.15) is 17.0 Å². The SMILES string of the molecule is Cc1nn(-c2ccc(N3CCN(S(=O)(=O)c4cccc(Br)c4)CC3)nn2)c(C)c1C. The van der Waals surface area contributed by atoms with Crippen molar-refractivity contribution in [2.75, 3.05) is 31.1 Å². The Hall–Kier alpha value is -2.30. The molecule has 0 bridgehead atoms. The fourth-order valence-corrected chi connectivity index (χ4v) is 5.50. The number of anilines is 1. The second-order valence-electron chi connectivity index (χ2n) is 7.31. The van der Waals surface area contributed by atoms with E-state index in [0.717, 1.165) is 27.2 Å². The highest BCUT2D eigenvalue weighted by Gasteiger charge is 2.29. The minimum Gasteiger partial charge on any atom is -0.352 e. The Bertz CT molecular complexity index is 1170. The van der Waals surface area contributed by atoms with Crippen molar-refractivity contribution in [3.05, 3.63) is 57.8 Å². The summed E-state index contributed by atoms with van der Waals surface area (Å²) in [6.45, 7) is 7.93. The Morgan fingerprint density at radius 1 is 0.933 bits per heavy atom. The topological polar surface area (TPSA) is 84.2 Å². The number of piperazine rings is 1. The lowest BCUT2D eigenvalue weighted by Crippen LogP contribution is -2.49. The quantitative estimate of drug-likeness (QED) is 0.558. The molecule has 1 fully saturated rings. The maximum Gasteiger partial charge on any atom is 0.243 e. The number of sulfonamides is 1. The second kappa shape index (κ2) is 8.09. The van der Waals surface area contributed by atoms with Crippen LogP contribution in [0, 0.1) is 20.8 Å². The van der Waals surface area contributed by atoms with E-state index in [0.29, 0.717) is 36.9 Å². The van der Waals surface area contributed by atoms with Gasteiger partial charge in [-0.2, -0.15) is 9.40 Å². The standard InChI is InChI=1S/C20H23BrN6O2S/c1-14-15(2)24-27(16(14)3)20-8-7-19(22-23-20)25-9-11-26(12-10-25)30(28,29)18-6-4-5-17(21)13-18/h4-8,13H,9-12H2,1-3H3. The summed E-state index contributed by atoms with van der Waals surface area (Å²) in [6.07, 6.45) is 0. The van der Waals surface area contributed by atoms with Gasteiger partial charge in [-0.05, 0) is 56.7 Å². The second-order valence-corrected chi connectivity index (χ2v) is 10.2. The van der Waals surface area contributed by atoms with Gasteiger partial charge in [0.05, 0.1) is 10.6 Å². The molecule has 1 aliphatic rings. The third-order valence-corrected chi connectivity index (χ3v) is 7.89. The van der Waals surface area contributed by atoms with Crippen molar-refractivity contribution < 1.29 is 8.42 Å². The molecule has 8 nitrogen and oxygen atoms in total. The smallest absolute Gasteiger partial charge is 0.243 e. The van der Waals surface area contributed by atoms with E-state index in [9.17, 15) is 8.42 Å². The largest absolute Gasteiger partial charge is 0.352 e. The maximum absolute atomic E-state index is 12.9. The molecular formula is C20H23BrN6O2S. The van der Waals surface area contributed by atoms with Crippen LogP contribution in [-0.4, -0.2) is 58.9 Å². The lowest BCUT2D eigenvalue weighted by atomic mass is 10.2. The summed E-state index contributed by atoms with van der Waals surface area (Å²) in [5.41, 5.74) is 3.16. The molecule has 4 rings (SSSR count). The van der Waals surface area contributed by atoms with Gasteiger partial charge in [-0.3, -0.25) is 0 Å². The van der Waals surface area contributed by atoms with Crippen molar-refractivity contribution in [1.29, 1.82) is 0 Å². The average molecular weight is 491 g/mol. The highest BCUT2D eigenvalue weighted by Crippen LogP contribution is 2.23. The van der Waals surface area contributed by atoms with E-state index in [4.69, 9.17) is 0 Å². The molecule has 0 N–H and O–H groups in total. The summed E-state index contributed by atoms with van der Waals surface area (Å²) in [5, 5.41) is 13.2. The average Bonchev–Trinajstić information content (AvgIpc) is 3.01. The Balaban J connectivity index is 1.46. The molecule has 158 valence electrons. The van der Waals surface area contributed by atoms with Crippen LogP contribution in [0.3, 0.4) is 0 Å². The van der Waals surface area contributed by atoms with Gasteiger partial charge in [0.2, 0.25) is 10.0 Å². The van der Waals surface area contributed by atoms with E-state index in [1.54, 1.807) is 22.9 Å². The van der Waals surface area contributed by atoms with Gasteiger partial charge in [0, 0.05) is 36.3 Å². The molecule has 0 radical (unpaired) electrons. The van der Waals surface area contributed by atoms with Crippen molar-refractivity contribution in [1.82, 2.24) is 24.3 Å². The van der Waals surface area contributed by atoms with Crippen molar-refractivity contribution in [2.45, 2.75) is 25.7 Å². The molecule has 0 atom stereocenters. The zero-order valence-electron chi connectivity index (χ0n) is 17.1. The number of halogens is 1.